The van der Waals surface area contributed by atoms with Crippen molar-refractivity contribution in [2.45, 2.75) is 24.1 Å². The highest BCUT2D eigenvalue weighted by Gasteiger charge is 2.68. The number of hydrogen-bond donors (Lipinski definition) is 1. The molecule has 1 N–H and O–H groups in total. The summed E-state index contributed by atoms with van der Waals surface area (Å²) in [5, 5.41) is 16.5. The van der Waals surface area contributed by atoms with Crippen LogP contribution in [0.4, 0.5) is 5.69 Å². The van der Waals surface area contributed by atoms with E-state index in [4.69, 9.17) is 27.9 Å². The molecule has 3 aromatic rings. The van der Waals surface area contributed by atoms with Gasteiger partial charge in [-0.1, -0.05) is 63.4 Å². The molecule has 0 aromatic heterocycles. The average Bonchev–Trinajstić information content (AvgIpc) is 3.29. The van der Waals surface area contributed by atoms with Crippen LogP contribution < -0.4 is 10.1 Å². The Balaban J connectivity index is 1.57. The zero-order valence-corrected chi connectivity index (χ0v) is 21.6. The van der Waals surface area contributed by atoms with Crippen LogP contribution in [0.5, 0.6) is 5.75 Å². The monoisotopic (exact) mass is 575 g/mol. The fraction of sp³-hybridized carbons (Fsp3) is 0.240. The van der Waals surface area contributed by atoms with Crippen molar-refractivity contribution >= 4 is 50.7 Å². The van der Waals surface area contributed by atoms with E-state index >= 15 is 0 Å². The minimum Gasteiger partial charge on any atom is -0.489 e. The molecule has 3 atom stereocenters. The highest BCUT2D eigenvalue weighted by Crippen LogP contribution is 2.53. The number of carbonyl (C=O) groups excluding carboxylic acids is 1. The van der Waals surface area contributed by atoms with Gasteiger partial charge in [-0.25, -0.2) is 0 Å². The van der Waals surface area contributed by atoms with Crippen molar-refractivity contribution in [3.63, 3.8) is 0 Å². The summed E-state index contributed by atoms with van der Waals surface area (Å²) < 4.78 is 6.89. The first-order valence-corrected chi connectivity index (χ1v) is 12.4. The molecule has 0 aliphatic carbocycles. The molecule has 2 heterocycles. The lowest BCUT2D eigenvalue weighted by molar-refractivity contribution is -0.534. The molecular weight excluding hydrogens is 557 g/mol. The van der Waals surface area contributed by atoms with Crippen molar-refractivity contribution < 1.29 is 14.5 Å². The molecule has 2 aliphatic rings. The van der Waals surface area contributed by atoms with Gasteiger partial charge >= 0.3 is 0 Å². The Morgan fingerprint density at radius 2 is 1.97 bits per heavy atom. The SMILES string of the molecule is CN1C[C@H](c2cc(Br)ccc2OCc2ccc(Cl)cc2Cl)[C@@H]([N+](=O)[O-])[C@@]12C(=O)Nc1ccccc12. The number of carbonyl (C=O) groups is 1. The van der Waals surface area contributed by atoms with E-state index in [1.54, 1.807) is 60.5 Å². The van der Waals surface area contributed by atoms with Gasteiger partial charge in [0.1, 0.15) is 12.4 Å². The number of likely N-dealkylation sites (tertiary alicyclic amines) is 1. The second-order valence-electron chi connectivity index (χ2n) is 8.69. The molecule has 1 saturated heterocycles. The molecule has 0 radical (unpaired) electrons. The Morgan fingerprint density at radius 1 is 1.20 bits per heavy atom. The maximum atomic E-state index is 13.4. The third-order valence-electron chi connectivity index (χ3n) is 6.81. The van der Waals surface area contributed by atoms with Gasteiger partial charge in [-0.3, -0.25) is 19.8 Å². The first kappa shape index (κ1) is 24.1. The smallest absolute Gasteiger partial charge is 0.256 e. The number of hydrogen-bond acceptors (Lipinski definition) is 5. The minimum absolute atomic E-state index is 0.158. The van der Waals surface area contributed by atoms with E-state index in [1.165, 1.54) is 0 Å². The summed E-state index contributed by atoms with van der Waals surface area (Å²) in [6.45, 7) is 0.451. The number of para-hydroxylation sites is 1. The van der Waals surface area contributed by atoms with E-state index in [2.05, 4.69) is 21.2 Å². The number of fused-ring (bicyclic) bond motifs is 2. The number of nitrogens with zero attached hydrogens (tertiary/aromatic N) is 2. The van der Waals surface area contributed by atoms with E-state index in [0.717, 1.165) is 10.0 Å². The molecule has 1 amide bonds. The van der Waals surface area contributed by atoms with Crippen LogP contribution in [0.15, 0.2) is 65.1 Å². The molecule has 5 rings (SSSR count). The van der Waals surface area contributed by atoms with Crippen LogP contribution in [-0.2, 0) is 16.9 Å². The third kappa shape index (κ3) is 3.89. The first-order chi connectivity index (χ1) is 16.7. The van der Waals surface area contributed by atoms with Crippen LogP contribution in [0.1, 0.15) is 22.6 Å². The molecule has 3 aromatic carbocycles. The molecule has 180 valence electrons. The van der Waals surface area contributed by atoms with Crippen LogP contribution in [0.3, 0.4) is 0 Å². The number of ether oxygens (including phenoxy) is 1. The van der Waals surface area contributed by atoms with Gasteiger partial charge in [0.05, 0.1) is 5.92 Å². The van der Waals surface area contributed by atoms with E-state index in [-0.39, 0.29) is 11.5 Å². The Bertz CT molecular complexity index is 1350. The number of halogens is 3. The number of anilines is 1. The Kier molecular flexibility index (Phi) is 6.25. The molecular formula is C25H20BrCl2N3O4. The van der Waals surface area contributed by atoms with Gasteiger partial charge in [-0.15, -0.1) is 0 Å². The molecule has 35 heavy (non-hydrogen) atoms. The van der Waals surface area contributed by atoms with Crippen molar-refractivity contribution in [2.75, 3.05) is 18.9 Å². The van der Waals surface area contributed by atoms with Gasteiger partial charge in [-0.2, -0.15) is 0 Å². The molecule has 1 spiro atoms. The molecule has 10 heteroatoms. The minimum atomic E-state index is -1.43. The fourth-order valence-electron chi connectivity index (χ4n) is 5.30. The molecule has 0 saturated carbocycles. The van der Waals surface area contributed by atoms with E-state index in [1.807, 2.05) is 12.1 Å². The summed E-state index contributed by atoms with van der Waals surface area (Å²) >= 11 is 15.8. The summed E-state index contributed by atoms with van der Waals surface area (Å²) in [5.74, 6) is -0.510. The number of nitrogens with one attached hydrogen (secondary N) is 1. The second kappa shape index (κ2) is 9.09. The van der Waals surface area contributed by atoms with Gasteiger partial charge < -0.3 is 10.1 Å². The van der Waals surface area contributed by atoms with Crippen molar-refractivity contribution in [2.24, 2.45) is 0 Å². The standard InChI is InChI=1S/C25H20BrCl2N3O4/c1-30-12-18(23(31(33)34)25(30)19-4-2-3-5-21(19)29-24(25)32)17-10-15(26)7-9-22(17)35-13-14-6-8-16(27)11-20(14)28/h2-11,18,23H,12-13H2,1H3,(H,29,32)/t18-,23-,25+/m1/s1. The van der Waals surface area contributed by atoms with Gasteiger partial charge in [0, 0.05) is 48.4 Å². The Morgan fingerprint density at radius 3 is 2.71 bits per heavy atom. The highest BCUT2D eigenvalue weighted by atomic mass is 79.9. The molecule has 1 fully saturated rings. The summed E-state index contributed by atoms with van der Waals surface area (Å²) in [7, 11) is 1.75. The van der Waals surface area contributed by atoms with Gasteiger partial charge in [-0.05, 0) is 43.4 Å². The van der Waals surface area contributed by atoms with Gasteiger partial charge in [0.25, 0.3) is 11.9 Å². The zero-order valence-electron chi connectivity index (χ0n) is 18.5. The third-order valence-corrected chi connectivity index (χ3v) is 7.89. The maximum absolute atomic E-state index is 13.4. The number of amides is 1. The van der Waals surface area contributed by atoms with Crippen molar-refractivity contribution in [1.82, 2.24) is 4.90 Å². The highest BCUT2D eigenvalue weighted by molar-refractivity contribution is 9.10. The number of likely N-dealkylation sites (N-methyl/N-ethyl adjacent to an activating group) is 1. The quantitative estimate of drug-likeness (QED) is 0.304. The van der Waals surface area contributed by atoms with E-state index in [9.17, 15) is 14.9 Å². The van der Waals surface area contributed by atoms with Crippen LogP contribution in [-0.4, -0.2) is 35.4 Å². The second-order valence-corrected chi connectivity index (χ2v) is 10.4. The average molecular weight is 577 g/mol. The predicted molar refractivity (Wildman–Crippen MR) is 138 cm³/mol. The number of rotatable bonds is 5. The normalized spacial score (nSPS) is 23.4. The lowest BCUT2D eigenvalue weighted by Gasteiger charge is -2.30. The summed E-state index contributed by atoms with van der Waals surface area (Å²) in [5.41, 5.74) is 1.16. The van der Waals surface area contributed by atoms with Crippen LogP contribution >= 0.6 is 39.1 Å². The van der Waals surface area contributed by atoms with Crippen LogP contribution in [0, 0.1) is 10.1 Å². The molecule has 7 nitrogen and oxygen atoms in total. The number of nitro groups is 1. The summed E-state index contributed by atoms with van der Waals surface area (Å²) in [6, 6.07) is 16.5. The maximum Gasteiger partial charge on any atom is 0.256 e. The largest absolute Gasteiger partial charge is 0.489 e. The van der Waals surface area contributed by atoms with Gasteiger partial charge in [0.2, 0.25) is 0 Å². The Labute approximate surface area is 220 Å². The zero-order chi connectivity index (χ0) is 24.9. The van der Waals surface area contributed by atoms with E-state index in [0.29, 0.717) is 39.2 Å². The lowest BCUT2D eigenvalue weighted by Crippen LogP contribution is -2.54. The van der Waals surface area contributed by atoms with E-state index < -0.39 is 23.4 Å². The van der Waals surface area contributed by atoms with Crippen molar-refractivity contribution in [1.29, 1.82) is 0 Å². The van der Waals surface area contributed by atoms with Gasteiger partial charge in [0.15, 0.2) is 5.54 Å². The van der Waals surface area contributed by atoms with Crippen LogP contribution in [0.25, 0.3) is 0 Å². The van der Waals surface area contributed by atoms with Crippen molar-refractivity contribution in [3.8, 4) is 5.75 Å². The number of benzene rings is 3. The summed E-state index contributed by atoms with van der Waals surface area (Å²) in [6.07, 6.45) is 0. The molecule has 2 aliphatic heterocycles. The fourth-order valence-corrected chi connectivity index (χ4v) is 6.14. The summed E-state index contributed by atoms with van der Waals surface area (Å²) in [4.78, 5) is 27.4. The van der Waals surface area contributed by atoms with Crippen LogP contribution in [0.2, 0.25) is 10.0 Å². The first-order valence-electron chi connectivity index (χ1n) is 10.9. The van der Waals surface area contributed by atoms with Crippen molar-refractivity contribution in [3.05, 3.63) is 102 Å². The molecule has 0 unspecified atom stereocenters. The topological polar surface area (TPSA) is 84.7 Å². The predicted octanol–water partition coefficient (Wildman–Crippen LogP) is 5.86. The Hall–Kier alpha value is -2.65. The molecule has 0 bridgehead atoms. The lowest BCUT2D eigenvalue weighted by atomic mass is 9.79.